The van der Waals surface area contributed by atoms with Crippen LogP contribution in [0.4, 0.5) is 13.6 Å². The minimum Gasteiger partial charge on any atom is -0.378 e. The lowest BCUT2D eigenvalue weighted by Crippen LogP contribution is -2.58. The van der Waals surface area contributed by atoms with Gasteiger partial charge in [0.15, 0.2) is 0 Å². The largest absolute Gasteiger partial charge is 0.378 e. The van der Waals surface area contributed by atoms with E-state index in [1.54, 1.807) is 11.8 Å². The van der Waals surface area contributed by atoms with Gasteiger partial charge in [-0.3, -0.25) is 4.79 Å². The molecule has 3 aliphatic heterocycles. The maximum Gasteiger partial charge on any atom is 0.345 e. The predicted octanol–water partition coefficient (Wildman–Crippen LogP) is 1.87. The lowest BCUT2D eigenvalue weighted by atomic mass is 9.72. The molecule has 4 rings (SSSR count). The number of carbonyl (C=O) groups is 2. The second kappa shape index (κ2) is 10.2. The Morgan fingerprint density at radius 2 is 2.00 bits per heavy atom. The number of primary amides is 1. The molecule has 1 saturated carbocycles. The Balaban J connectivity index is 1.58. The molecule has 3 atom stereocenters. The van der Waals surface area contributed by atoms with Crippen LogP contribution in [-0.2, 0) is 19.0 Å². The number of carbonyl (C=O) groups excluding carboxylic acids is 2. The summed E-state index contributed by atoms with van der Waals surface area (Å²) in [5.74, 6) is -0.486. The van der Waals surface area contributed by atoms with Crippen molar-refractivity contribution >= 4 is 11.9 Å². The first kappa shape index (κ1) is 23.1. The average Bonchev–Trinajstić information content (AvgIpc) is 2.75. The zero-order chi connectivity index (χ0) is 21.7. The van der Waals surface area contributed by atoms with Crippen LogP contribution in [0.1, 0.15) is 45.4 Å². The van der Waals surface area contributed by atoms with Gasteiger partial charge in [0.2, 0.25) is 5.91 Å². The van der Waals surface area contributed by atoms with Gasteiger partial charge in [-0.2, -0.15) is 8.78 Å². The minimum absolute atomic E-state index is 0.0356. The Kier molecular flexibility index (Phi) is 7.86. The maximum atomic E-state index is 13.1. The van der Waals surface area contributed by atoms with Gasteiger partial charge >= 0.3 is 12.6 Å². The Hall–Kier alpha value is -1.52. The first-order valence-electron chi connectivity index (χ1n) is 10.8. The van der Waals surface area contributed by atoms with Crippen LogP contribution in [0.25, 0.3) is 0 Å². The topological polar surface area (TPSA) is 103 Å². The standard InChI is InChI=1S/C20H33F2N3O5/c1-13(29-11-20-6-4-15(5-7-20)30-12-20)16(24-19(23)27)17(26)25-8-2-3-14(9-25)10-28-18(21)22/h13-16,18H,2-12H2,1H3,(H3,23,24,27). The number of nitrogens with two attached hydrogens (primary N) is 1. The number of amides is 3. The third kappa shape index (κ3) is 6.01. The van der Waals surface area contributed by atoms with Gasteiger partial charge in [-0.1, -0.05) is 0 Å². The van der Waals surface area contributed by atoms with Crippen molar-refractivity contribution in [1.82, 2.24) is 10.2 Å². The number of likely N-dealkylation sites (tertiary alicyclic amines) is 1. The highest BCUT2D eigenvalue weighted by atomic mass is 19.3. The summed E-state index contributed by atoms with van der Waals surface area (Å²) in [6.45, 7) is 0.713. The van der Waals surface area contributed by atoms with E-state index in [0.717, 1.165) is 25.7 Å². The van der Waals surface area contributed by atoms with Crippen molar-refractivity contribution in [3.63, 3.8) is 0 Å². The van der Waals surface area contributed by atoms with Crippen molar-refractivity contribution in [2.24, 2.45) is 17.1 Å². The van der Waals surface area contributed by atoms with E-state index in [0.29, 0.717) is 45.2 Å². The van der Waals surface area contributed by atoms with Crippen LogP contribution in [0, 0.1) is 11.3 Å². The lowest BCUT2D eigenvalue weighted by Gasteiger charge is -2.46. The summed E-state index contributed by atoms with van der Waals surface area (Å²) in [7, 11) is 0. The summed E-state index contributed by atoms with van der Waals surface area (Å²) in [5.41, 5.74) is 5.27. The molecule has 3 N–H and O–H groups in total. The van der Waals surface area contributed by atoms with E-state index in [1.165, 1.54) is 0 Å². The summed E-state index contributed by atoms with van der Waals surface area (Å²) in [6.07, 6.45) is 5.27. The molecule has 30 heavy (non-hydrogen) atoms. The van der Waals surface area contributed by atoms with E-state index < -0.39 is 24.8 Å². The molecule has 0 aromatic carbocycles. The Bertz CT molecular complexity index is 587. The molecule has 172 valence electrons. The maximum absolute atomic E-state index is 13.1. The predicted molar refractivity (Wildman–Crippen MR) is 104 cm³/mol. The van der Waals surface area contributed by atoms with E-state index >= 15 is 0 Å². The zero-order valence-electron chi connectivity index (χ0n) is 17.5. The molecule has 0 radical (unpaired) electrons. The van der Waals surface area contributed by atoms with E-state index in [9.17, 15) is 18.4 Å². The van der Waals surface area contributed by atoms with Gasteiger partial charge < -0.3 is 30.2 Å². The SMILES string of the molecule is CC(OCC12CCC(CC1)OC2)C(NC(N)=O)C(=O)N1CCCC(COC(F)F)C1. The van der Waals surface area contributed by atoms with Gasteiger partial charge in [0.05, 0.1) is 32.0 Å². The van der Waals surface area contributed by atoms with Gasteiger partial charge in [0.25, 0.3) is 0 Å². The van der Waals surface area contributed by atoms with Crippen molar-refractivity contribution < 1.29 is 32.6 Å². The van der Waals surface area contributed by atoms with Crippen LogP contribution in [0.15, 0.2) is 0 Å². The van der Waals surface area contributed by atoms with Crippen LogP contribution >= 0.6 is 0 Å². The van der Waals surface area contributed by atoms with Gasteiger partial charge in [-0.25, -0.2) is 4.79 Å². The fourth-order valence-corrected chi connectivity index (χ4v) is 4.74. The molecule has 3 saturated heterocycles. The third-order valence-electron chi connectivity index (χ3n) is 6.59. The van der Waals surface area contributed by atoms with E-state index in [2.05, 4.69) is 10.1 Å². The number of urea groups is 1. The minimum atomic E-state index is -2.83. The molecule has 4 aliphatic rings. The molecule has 0 spiro atoms. The molecule has 3 amide bonds. The highest BCUT2D eigenvalue weighted by molar-refractivity contribution is 5.87. The Labute approximate surface area is 175 Å². The summed E-state index contributed by atoms with van der Waals surface area (Å²) in [6, 6.07) is -1.74. The number of fused-ring (bicyclic) bond motifs is 3. The normalized spacial score (nSPS) is 30.9. The van der Waals surface area contributed by atoms with Gasteiger partial charge in [-0.05, 0) is 45.4 Å². The fourth-order valence-electron chi connectivity index (χ4n) is 4.74. The number of ether oxygens (including phenoxy) is 3. The van der Waals surface area contributed by atoms with Crippen LogP contribution in [-0.4, -0.2) is 74.6 Å². The second-order valence-corrected chi connectivity index (χ2v) is 8.90. The number of rotatable bonds is 9. The van der Waals surface area contributed by atoms with Crippen LogP contribution in [0.3, 0.4) is 0 Å². The lowest BCUT2D eigenvalue weighted by molar-refractivity contribution is -0.158. The summed E-state index contributed by atoms with van der Waals surface area (Å²) in [4.78, 5) is 26.2. The molecular formula is C20H33F2N3O5. The highest BCUT2D eigenvalue weighted by Gasteiger charge is 2.43. The van der Waals surface area contributed by atoms with Gasteiger partial charge in [-0.15, -0.1) is 0 Å². The molecule has 0 aromatic rings. The molecule has 10 heteroatoms. The fraction of sp³-hybridized carbons (Fsp3) is 0.900. The summed E-state index contributed by atoms with van der Waals surface area (Å²) >= 11 is 0. The van der Waals surface area contributed by atoms with Gasteiger partial charge in [0, 0.05) is 24.4 Å². The quantitative estimate of drug-likeness (QED) is 0.578. The smallest absolute Gasteiger partial charge is 0.345 e. The summed E-state index contributed by atoms with van der Waals surface area (Å²) < 4.78 is 41.0. The van der Waals surface area contributed by atoms with Crippen molar-refractivity contribution in [3.8, 4) is 0 Å². The van der Waals surface area contributed by atoms with E-state index in [1.807, 2.05) is 0 Å². The van der Waals surface area contributed by atoms with Gasteiger partial charge in [0.1, 0.15) is 6.04 Å². The van der Waals surface area contributed by atoms with Crippen molar-refractivity contribution in [1.29, 1.82) is 0 Å². The highest BCUT2D eigenvalue weighted by Crippen LogP contribution is 2.43. The Morgan fingerprint density at radius 1 is 1.27 bits per heavy atom. The molecule has 0 aromatic heterocycles. The molecule has 8 nitrogen and oxygen atoms in total. The number of hydrogen-bond acceptors (Lipinski definition) is 5. The molecular weight excluding hydrogens is 400 g/mol. The molecule has 3 unspecified atom stereocenters. The van der Waals surface area contributed by atoms with Crippen LogP contribution in [0.2, 0.25) is 0 Å². The molecule has 4 fully saturated rings. The number of halogens is 2. The third-order valence-corrected chi connectivity index (χ3v) is 6.59. The monoisotopic (exact) mass is 433 g/mol. The van der Waals surface area contributed by atoms with Crippen LogP contribution in [0.5, 0.6) is 0 Å². The summed E-state index contributed by atoms with van der Waals surface area (Å²) in [5, 5.41) is 2.51. The zero-order valence-corrected chi connectivity index (χ0v) is 17.5. The first-order valence-corrected chi connectivity index (χ1v) is 10.8. The van der Waals surface area contributed by atoms with Crippen LogP contribution < -0.4 is 11.1 Å². The number of piperidine rings is 1. The second-order valence-electron chi connectivity index (χ2n) is 8.90. The number of nitrogens with one attached hydrogen (secondary N) is 1. The molecule has 3 heterocycles. The molecule has 1 aliphatic carbocycles. The average molecular weight is 433 g/mol. The van der Waals surface area contributed by atoms with Crippen molar-refractivity contribution in [2.45, 2.75) is 70.3 Å². The van der Waals surface area contributed by atoms with E-state index in [-0.39, 0.29) is 23.8 Å². The number of alkyl halides is 2. The van der Waals surface area contributed by atoms with E-state index in [4.69, 9.17) is 15.2 Å². The van der Waals surface area contributed by atoms with Crippen molar-refractivity contribution in [2.75, 3.05) is 32.9 Å². The Morgan fingerprint density at radius 3 is 2.60 bits per heavy atom. The number of hydrogen-bond donors (Lipinski definition) is 2. The van der Waals surface area contributed by atoms with Crippen molar-refractivity contribution in [3.05, 3.63) is 0 Å². The number of nitrogens with zero attached hydrogens (tertiary/aromatic N) is 1. The first-order chi connectivity index (χ1) is 14.3. The molecule has 2 bridgehead atoms.